The molecule has 1 heterocycles. The molecule has 0 bridgehead atoms. The molecule has 2 rings (SSSR count). The van der Waals surface area contributed by atoms with Crippen molar-refractivity contribution in [3.8, 4) is 11.5 Å². The SMILES string of the molecule is Cc1ccc(F)cc1Oc1ccnc(CNC(C)C)c1. The number of nitrogens with one attached hydrogen (secondary N) is 1. The topological polar surface area (TPSA) is 34.1 Å². The van der Waals surface area contributed by atoms with E-state index in [0.717, 1.165) is 11.3 Å². The summed E-state index contributed by atoms with van der Waals surface area (Å²) in [4.78, 5) is 4.28. The van der Waals surface area contributed by atoms with Crippen molar-refractivity contribution >= 4 is 0 Å². The lowest BCUT2D eigenvalue weighted by Gasteiger charge is -2.11. The molecular formula is C16H19FN2O. The van der Waals surface area contributed by atoms with E-state index in [1.165, 1.54) is 12.1 Å². The molecular weight excluding hydrogens is 255 g/mol. The summed E-state index contributed by atoms with van der Waals surface area (Å²) in [6.07, 6.45) is 1.70. The largest absolute Gasteiger partial charge is 0.457 e. The van der Waals surface area contributed by atoms with E-state index in [9.17, 15) is 4.39 Å². The Morgan fingerprint density at radius 1 is 1.25 bits per heavy atom. The second kappa shape index (κ2) is 6.48. The van der Waals surface area contributed by atoms with Crippen molar-refractivity contribution < 1.29 is 9.13 Å². The highest BCUT2D eigenvalue weighted by molar-refractivity contribution is 5.37. The summed E-state index contributed by atoms with van der Waals surface area (Å²) >= 11 is 0. The van der Waals surface area contributed by atoms with Gasteiger partial charge in [0.15, 0.2) is 0 Å². The predicted molar refractivity (Wildman–Crippen MR) is 77.4 cm³/mol. The second-order valence-electron chi connectivity index (χ2n) is 5.03. The number of pyridine rings is 1. The van der Waals surface area contributed by atoms with Gasteiger partial charge in [0.1, 0.15) is 17.3 Å². The monoisotopic (exact) mass is 274 g/mol. The first-order valence-corrected chi connectivity index (χ1v) is 6.67. The normalized spacial score (nSPS) is 10.8. The van der Waals surface area contributed by atoms with E-state index in [1.807, 2.05) is 13.0 Å². The minimum Gasteiger partial charge on any atom is -0.457 e. The lowest BCUT2D eigenvalue weighted by molar-refractivity contribution is 0.470. The number of hydrogen-bond donors (Lipinski definition) is 1. The van der Waals surface area contributed by atoms with Gasteiger partial charge in [0.05, 0.1) is 5.69 Å². The van der Waals surface area contributed by atoms with Gasteiger partial charge in [-0.15, -0.1) is 0 Å². The molecule has 0 saturated heterocycles. The maximum atomic E-state index is 13.2. The van der Waals surface area contributed by atoms with Gasteiger partial charge in [-0.25, -0.2) is 4.39 Å². The third-order valence-corrected chi connectivity index (χ3v) is 2.86. The van der Waals surface area contributed by atoms with Crippen molar-refractivity contribution in [2.24, 2.45) is 0 Å². The van der Waals surface area contributed by atoms with Crippen molar-refractivity contribution in [1.82, 2.24) is 10.3 Å². The van der Waals surface area contributed by atoms with Gasteiger partial charge < -0.3 is 10.1 Å². The van der Waals surface area contributed by atoms with Gasteiger partial charge in [-0.1, -0.05) is 19.9 Å². The predicted octanol–water partition coefficient (Wildman–Crippen LogP) is 3.82. The van der Waals surface area contributed by atoms with Gasteiger partial charge in [-0.05, 0) is 24.6 Å². The molecule has 20 heavy (non-hydrogen) atoms. The molecule has 0 radical (unpaired) electrons. The highest BCUT2D eigenvalue weighted by Gasteiger charge is 2.05. The number of ether oxygens (including phenoxy) is 1. The Morgan fingerprint density at radius 2 is 2.05 bits per heavy atom. The summed E-state index contributed by atoms with van der Waals surface area (Å²) in [5, 5.41) is 3.30. The zero-order chi connectivity index (χ0) is 14.5. The van der Waals surface area contributed by atoms with E-state index in [1.54, 1.807) is 18.3 Å². The number of aromatic nitrogens is 1. The lowest BCUT2D eigenvalue weighted by Crippen LogP contribution is -2.22. The molecule has 0 atom stereocenters. The molecule has 0 aliphatic carbocycles. The molecule has 0 amide bonds. The number of halogens is 1. The first kappa shape index (κ1) is 14.5. The molecule has 2 aromatic rings. The Bertz CT molecular complexity index is 584. The highest BCUT2D eigenvalue weighted by Crippen LogP contribution is 2.25. The molecule has 4 heteroatoms. The quantitative estimate of drug-likeness (QED) is 0.900. The average Bonchev–Trinajstić information content (AvgIpc) is 2.41. The first-order chi connectivity index (χ1) is 9.54. The van der Waals surface area contributed by atoms with Crippen LogP contribution in [-0.2, 0) is 6.54 Å². The lowest BCUT2D eigenvalue weighted by atomic mass is 10.2. The smallest absolute Gasteiger partial charge is 0.133 e. The summed E-state index contributed by atoms with van der Waals surface area (Å²) in [6, 6.07) is 8.54. The molecule has 0 unspecified atom stereocenters. The summed E-state index contributed by atoms with van der Waals surface area (Å²) < 4.78 is 19.0. The number of benzene rings is 1. The summed E-state index contributed by atoms with van der Waals surface area (Å²) in [6.45, 7) is 6.72. The molecule has 0 aliphatic rings. The van der Waals surface area contributed by atoms with E-state index >= 15 is 0 Å². The standard InChI is InChI=1S/C16H19FN2O/c1-11(2)19-10-14-9-15(6-7-18-14)20-16-8-13(17)5-4-12(16)3/h4-9,11,19H,10H2,1-3H3. The van der Waals surface area contributed by atoms with Crippen LogP contribution in [0.2, 0.25) is 0 Å². The maximum Gasteiger partial charge on any atom is 0.133 e. The van der Waals surface area contributed by atoms with E-state index < -0.39 is 0 Å². The van der Waals surface area contributed by atoms with Crippen LogP contribution in [0.15, 0.2) is 36.5 Å². The molecule has 1 N–H and O–H groups in total. The van der Waals surface area contributed by atoms with Gasteiger partial charge in [0.25, 0.3) is 0 Å². The summed E-state index contributed by atoms with van der Waals surface area (Å²) in [5.41, 5.74) is 1.79. The fraction of sp³-hybridized carbons (Fsp3) is 0.312. The van der Waals surface area contributed by atoms with Crippen LogP contribution in [0.1, 0.15) is 25.1 Å². The molecule has 3 nitrogen and oxygen atoms in total. The van der Waals surface area contributed by atoms with Gasteiger partial charge in [-0.3, -0.25) is 4.98 Å². The maximum absolute atomic E-state index is 13.2. The van der Waals surface area contributed by atoms with Crippen LogP contribution in [0.25, 0.3) is 0 Å². The van der Waals surface area contributed by atoms with Crippen LogP contribution in [0.3, 0.4) is 0 Å². The van der Waals surface area contributed by atoms with Gasteiger partial charge in [0, 0.05) is 30.9 Å². The molecule has 106 valence electrons. The van der Waals surface area contributed by atoms with Crippen LogP contribution in [0.4, 0.5) is 4.39 Å². The molecule has 0 fully saturated rings. The molecule has 0 spiro atoms. The van der Waals surface area contributed by atoms with Gasteiger partial charge in [-0.2, -0.15) is 0 Å². The number of rotatable bonds is 5. The van der Waals surface area contributed by atoms with Gasteiger partial charge in [0.2, 0.25) is 0 Å². The number of aryl methyl sites for hydroxylation is 1. The molecule has 1 aromatic carbocycles. The fourth-order valence-corrected chi connectivity index (χ4v) is 1.74. The third kappa shape index (κ3) is 4.03. The second-order valence-corrected chi connectivity index (χ2v) is 5.03. The van der Waals surface area contributed by atoms with Gasteiger partial charge >= 0.3 is 0 Å². The minimum atomic E-state index is -0.304. The van der Waals surface area contributed by atoms with E-state index in [0.29, 0.717) is 24.1 Å². The van der Waals surface area contributed by atoms with Crippen LogP contribution >= 0.6 is 0 Å². The Morgan fingerprint density at radius 3 is 2.80 bits per heavy atom. The Balaban J connectivity index is 2.13. The Kier molecular flexibility index (Phi) is 4.69. The fourth-order valence-electron chi connectivity index (χ4n) is 1.74. The Hall–Kier alpha value is -1.94. The average molecular weight is 274 g/mol. The van der Waals surface area contributed by atoms with Crippen LogP contribution in [0.5, 0.6) is 11.5 Å². The van der Waals surface area contributed by atoms with Crippen LogP contribution in [-0.4, -0.2) is 11.0 Å². The first-order valence-electron chi connectivity index (χ1n) is 6.67. The molecule has 0 saturated carbocycles. The number of hydrogen-bond acceptors (Lipinski definition) is 3. The van der Waals surface area contributed by atoms with Crippen molar-refractivity contribution in [3.63, 3.8) is 0 Å². The molecule has 1 aromatic heterocycles. The number of nitrogens with zero attached hydrogens (tertiary/aromatic N) is 1. The van der Waals surface area contributed by atoms with E-state index in [2.05, 4.69) is 24.1 Å². The third-order valence-electron chi connectivity index (χ3n) is 2.86. The van der Waals surface area contributed by atoms with E-state index in [4.69, 9.17) is 4.74 Å². The minimum absolute atomic E-state index is 0.304. The Labute approximate surface area is 118 Å². The highest BCUT2D eigenvalue weighted by atomic mass is 19.1. The van der Waals surface area contributed by atoms with Crippen LogP contribution in [0, 0.1) is 12.7 Å². The summed E-state index contributed by atoms with van der Waals surface area (Å²) in [5.74, 6) is 0.884. The van der Waals surface area contributed by atoms with Crippen molar-refractivity contribution in [2.75, 3.05) is 0 Å². The van der Waals surface area contributed by atoms with Crippen molar-refractivity contribution in [1.29, 1.82) is 0 Å². The molecule has 0 aliphatic heterocycles. The van der Waals surface area contributed by atoms with Crippen LogP contribution < -0.4 is 10.1 Å². The van der Waals surface area contributed by atoms with E-state index in [-0.39, 0.29) is 5.82 Å². The van der Waals surface area contributed by atoms with Crippen molar-refractivity contribution in [2.45, 2.75) is 33.4 Å². The van der Waals surface area contributed by atoms with Crippen molar-refractivity contribution in [3.05, 3.63) is 53.6 Å². The summed E-state index contributed by atoms with van der Waals surface area (Å²) in [7, 11) is 0. The zero-order valence-corrected chi connectivity index (χ0v) is 12.0. The zero-order valence-electron chi connectivity index (χ0n) is 12.0.